The quantitative estimate of drug-likeness (QED) is 0.538. The zero-order valence-electron chi connectivity index (χ0n) is 10.7. The third kappa shape index (κ3) is 4.56. The van der Waals surface area contributed by atoms with Crippen molar-refractivity contribution in [2.24, 2.45) is 0 Å². The van der Waals surface area contributed by atoms with E-state index in [1.54, 1.807) is 17.0 Å². The van der Waals surface area contributed by atoms with Crippen LogP contribution in [-0.4, -0.2) is 28.2 Å². The van der Waals surface area contributed by atoms with Gasteiger partial charge in [-0.25, -0.2) is 0 Å². The fraction of sp³-hybridized carbons (Fsp3) is 0.286. The summed E-state index contributed by atoms with van der Waals surface area (Å²) in [7, 11) is 0. The van der Waals surface area contributed by atoms with Crippen LogP contribution in [0.1, 0.15) is 5.56 Å². The zero-order valence-corrected chi connectivity index (χ0v) is 10.7. The average molecular weight is 259 g/mol. The largest absolute Gasteiger partial charge is 0.490 e. The molecule has 0 spiro atoms. The van der Waals surface area contributed by atoms with Crippen molar-refractivity contribution < 1.29 is 9.47 Å². The number of benzene rings is 1. The highest BCUT2D eigenvalue weighted by atomic mass is 16.5. The van der Waals surface area contributed by atoms with Crippen molar-refractivity contribution in [1.29, 1.82) is 0 Å². The van der Waals surface area contributed by atoms with E-state index in [4.69, 9.17) is 9.47 Å². The first-order chi connectivity index (χ1) is 9.38. The lowest BCUT2D eigenvalue weighted by molar-refractivity contribution is 0.110. The molecular formula is C14H17N3O2. The Kier molecular flexibility index (Phi) is 5.13. The van der Waals surface area contributed by atoms with E-state index in [1.807, 2.05) is 30.5 Å². The van der Waals surface area contributed by atoms with Crippen LogP contribution in [0.2, 0.25) is 0 Å². The van der Waals surface area contributed by atoms with Crippen molar-refractivity contribution in [3.8, 4) is 5.75 Å². The normalized spacial score (nSPS) is 10.3. The molecule has 0 saturated heterocycles. The van der Waals surface area contributed by atoms with Crippen LogP contribution in [0.25, 0.3) is 0 Å². The van der Waals surface area contributed by atoms with Gasteiger partial charge in [-0.3, -0.25) is 4.68 Å². The lowest BCUT2D eigenvalue weighted by atomic mass is 10.2. The monoisotopic (exact) mass is 259 g/mol. The van der Waals surface area contributed by atoms with Crippen molar-refractivity contribution in [2.45, 2.75) is 13.2 Å². The SMILES string of the molecule is C=CCOc1ccc(COCCn2ccnn2)cc1. The highest BCUT2D eigenvalue weighted by Crippen LogP contribution is 2.12. The van der Waals surface area contributed by atoms with Crippen LogP contribution in [0.3, 0.4) is 0 Å². The van der Waals surface area contributed by atoms with Crippen molar-refractivity contribution in [1.82, 2.24) is 15.0 Å². The van der Waals surface area contributed by atoms with E-state index >= 15 is 0 Å². The second kappa shape index (κ2) is 7.33. The van der Waals surface area contributed by atoms with Gasteiger partial charge in [0.15, 0.2) is 0 Å². The van der Waals surface area contributed by atoms with Gasteiger partial charge in [0.05, 0.1) is 26.0 Å². The van der Waals surface area contributed by atoms with Gasteiger partial charge in [-0.15, -0.1) is 5.10 Å². The van der Waals surface area contributed by atoms with Gasteiger partial charge >= 0.3 is 0 Å². The number of nitrogens with zero attached hydrogens (tertiary/aromatic N) is 3. The summed E-state index contributed by atoms with van der Waals surface area (Å²) in [6.07, 6.45) is 5.19. The van der Waals surface area contributed by atoms with Gasteiger partial charge in [0.25, 0.3) is 0 Å². The Morgan fingerprint density at radius 1 is 1.26 bits per heavy atom. The molecule has 0 bridgehead atoms. The Balaban J connectivity index is 1.69. The minimum atomic E-state index is 0.522. The molecule has 5 nitrogen and oxygen atoms in total. The minimum Gasteiger partial charge on any atom is -0.490 e. The molecule has 0 amide bonds. The Morgan fingerprint density at radius 3 is 2.79 bits per heavy atom. The first-order valence-corrected chi connectivity index (χ1v) is 6.13. The molecule has 0 atom stereocenters. The van der Waals surface area contributed by atoms with Crippen LogP contribution in [0, 0.1) is 0 Å². The standard InChI is InChI=1S/C14H17N3O2/c1-2-10-19-14-5-3-13(4-6-14)12-18-11-9-17-8-7-15-16-17/h2-8H,1,9-12H2. The maximum absolute atomic E-state index is 5.57. The molecule has 1 aromatic heterocycles. The Bertz CT molecular complexity index is 480. The molecule has 0 saturated carbocycles. The Hall–Kier alpha value is -2.14. The average Bonchev–Trinajstić information content (AvgIpc) is 2.96. The Morgan fingerprint density at radius 2 is 2.11 bits per heavy atom. The summed E-state index contributed by atoms with van der Waals surface area (Å²) in [5.41, 5.74) is 1.12. The molecule has 5 heteroatoms. The van der Waals surface area contributed by atoms with E-state index in [2.05, 4.69) is 16.9 Å². The molecule has 2 rings (SSSR count). The van der Waals surface area contributed by atoms with Crippen molar-refractivity contribution in [2.75, 3.05) is 13.2 Å². The van der Waals surface area contributed by atoms with Crippen molar-refractivity contribution in [3.05, 3.63) is 54.9 Å². The van der Waals surface area contributed by atoms with E-state index in [0.717, 1.165) is 11.3 Å². The summed E-state index contributed by atoms with van der Waals surface area (Å²) < 4.78 is 12.7. The summed E-state index contributed by atoms with van der Waals surface area (Å²) in [6.45, 7) is 6.03. The third-order valence-electron chi connectivity index (χ3n) is 2.50. The van der Waals surface area contributed by atoms with Crippen molar-refractivity contribution in [3.63, 3.8) is 0 Å². The molecule has 2 aromatic rings. The topological polar surface area (TPSA) is 49.2 Å². The second-order valence-electron chi connectivity index (χ2n) is 3.96. The molecular weight excluding hydrogens is 242 g/mol. The van der Waals surface area contributed by atoms with Gasteiger partial charge < -0.3 is 9.47 Å². The minimum absolute atomic E-state index is 0.522. The summed E-state index contributed by atoms with van der Waals surface area (Å²) >= 11 is 0. The molecule has 1 heterocycles. The molecule has 0 N–H and O–H groups in total. The van der Waals surface area contributed by atoms with Gasteiger partial charge in [0, 0.05) is 6.20 Å². The molecule has 0 unspecified atom stereocenters. The van der Waals surface area contributed by atoms with Crippen molar-refractivity contribution >= 4 is 0 Å². The Labute approximate surface area is 112 Å². The number of aromatic nitrogens is 3. The predicted molar refractivity (Wildman–Crippen MR) is 71.8 cm³/mol. The van der Waals surface area contributed by atoms with Crippen LogP contribution in [-0.2, 0) is 17.9 Å². The lowest BCUT2D eigenvalue weighted by Gasteiger charge is -2.06. The molecule has 0 radical (unpaired) electrons. The van der Waals surface area contributed by atoms with E-state index in [9.17, 15) is 0 Å². The summed E-state index contributed by atoms with van der Waals surface area (Å²) in [5.74, 6) is 0.839. The summed E-state index contributed by atoms with van der Waals surface area (Å²) in [6, 6.07) is 7.85. The van der Waals surface area contributed by atoms with Crippen LogP contribution in [0.5, 0.6) is 5.75 Å². The molecule has 0 aliphatic heterocycles. The lowest BCUT2D eigenvalue weighted by Crippen LogP contribution is -2.06. The van der Waals surface area contributed by atoms with Gasteiger partial charge in [-0.05, 0) is 17.7 Å². The fourth-order valence-electron chi connectivity index (χ4n) is 1.54. The van der Waals surface area contributed by atoms with E-state index in [1.165, 1.54) is 0 Å². The molecule has 19 heavy (non-hydrogen) atoms. The molecule has 0 fully saturated rings. The maximum atomic E-state index is 5.57. The van der Waals surface area contributed by atoms with Gasteiger partial charge in [-0.2, -0.15) is 0 Å². The van der Waals surface area contributed by atoms with Gasteiger partial charge in [-0.1, -0.05) is 30.0 Å². The first kappa shape index (κ1) is 13.3. The zero-order chi connectivity index (χ0) is 13.3. The molecule has 0 aliphatic carbocycles. The molecule has 0 aliphatic rings. The maximum Gasteiger partial charge on any atom is 0.119 e. The summed E-state index contributed by atoms with van der Waals surface area (Å²) in [4.78, 5) is 0. The predicted octanol–water partition coefficient (Wildman–Crippen LogP) is 2.06. The van der Waals surface area contributed by atoms with Crippen LogP contribution in [0.15, 0.2) is 49.3 Å². The number of hydrogen-bond donors (Lipinski definition) is 0. The first-order valence-electron chi connectivity index (χ1n) is 6.13. The van der Waals surface area contributed by atoms with Gasteiger partial charge in [0.1, 0.15) is 12.4 Å². The highest BCUT2D eigenvalue weighted by Gasteiger charge is 1.96. The van der Waals surface area contributed by atoms with Gasteiger partial charge in [0.2, 0.25) is 0 Å². The number of ether oxygens (including phenoxy) is 2. The second-order valence-corrected chi connectivity index (χ2v) is 3.96. The third-order valence-corrected chi connectivity index (χ3v) is 2.50. The molecule has 100 valence electrons. The highest BCUT2D eigenvalue weighted by molar-refractivity contribution is 5.26. The van der Waals surface area contributed by atoms with Crippen LogP contribution >= 0.6 is 0 Å². The van der Waals surface area contributed by atoms with Crippen LogP contribution < -0.4 is 4.74 Å². The smallest absolute Gasteiger partial charge is 0.119 e. The molecule has 1 aromatic carbocycles. The summed E-state index contributed by atoms with van der Waals surface area (Å²) in [5, 5.41) is 7.59. The number of hydrogen-bond acceptors (Lipinski definition) is 4. The van der Waals surface area contributed by atoms with E-state index in [0.29, 0.717) is 26.4 Å². The van der Waals surface area contributed by atoms with E-state index in [-0.39, 0.29) is 0 Å². The van der Waals surface area contributed by atoms with E-state index < -0.39 is 0 Å². The fourth-order valence-corrected chi connectivity index (χ4v) is 1.54. The van der Waals surface area contributed by atoms with Crippen LogP contribution in [0.4, 0.5) is 0 Å². The number of rotatable bonds is 8.